The van der Waals surface area contributed by atoms with Crippen molar-refractivity contribution in [3.63, 3.8) is 0 Å². The van der Waals surface area contributed by atoms with Gasteiger partial charge in [-0.1, -0.05) is 26.0 Å². The fourth-order valence-corrected chi connectivity index (χ4v) is 1.61. The number of carbonyl (C=O) groups excluding carboxylic acids is 1. The smallest absolute Gasteiger partial charge is 0.276 e. The largest absolute Gasteiger partial charge is 0.313 e. The molecule has 0 radical (unpaired) electrons. The van der Waals surface area contributed by atoms with Crippen molar-refractivity contribution in [3.8, 4) is 0 Å². The van der Waals surface area contributed by atoms with Gasteiger partial charge in [0.2, 0.25) is 0 Å². The highest BCUT2D eigenvalue weighted by atomic mass is 16.2. The van der Waals surface area contributed by atoms with Gasteiger partial charge in [-0.2, -0.15) is 0 Å². The molecule has 1 aromatic heterocycles. The van der Waals surface area contributed by atoms with Gasteiger partial charge in [0, 0.05) is 24.4 Å². The summed E-state index contributed by atoms with van der Waals surface area (Å²) in [6, 6.07) is 5.37. The van der Waals surface area contributed by atoms with Crippen LogP contribution in [-0.4, -0.2) is 22.3 Å². The van der Waals surface area contributed by atoms with Crippen LogP contribution in [0.5, 0.6) is 0 Å². The molecule has 0 N–H and O–H groups in total. The SMILES string of the molecule is CC1(C)C=CN(C(=O)c2ccccn2)C1. The number of nitrogens with zero attached hydrogens (tertiary/aromatic N) is 2. The molecule has 3 heteroatoms. The van der Waals surface area contributed by atoms with Crippen molar-refractivity contribution < 1.29 is 4.79 Å². The zero-order valence-electron chi connectivity index (χ0n) is 8.97. The second kappa shape index (κ2) is 3.50. The standard InChI is InChI=1S/C12H14N2O/c1-12(2)6-8-14(9-12)11(15)10-5-3-4-7-13-10/h3-8H,9H2,1-2H3. The van der Waals surface area contributed by atoms with Gasteiger partial charge >= 0.3 is 0 Å². The molecule has 1 aromatic rings. The minimum absolute atomic E-state index is 0.0302. The molecule has 0 spiro atoms. The first-order valence-electron chi connectivity index (χ1n) is 5.00. The lowest BCUT2D eigenvalue weighted by Gasteiger charge is -2.19. The molecule has 1 amide bonds. The van der Waals surface area contributed by atoms with E-state index in [9.17, 15) is 4.79 Å². The second-order valence-electron chi connectivity index (χ2n) is 4.45. The molecular formula is C12H14N2O. The molecule has 1 aliphatic rings. The average Bonchev–Trinajstić information content (AvgIpc) is 2.59. The number of carbonyl (C=O) groups is 1. The van der Waals surface area contributed by atoms with E-state index >= 15 is 0 Å². The Labute approximate surface area is 89.4 Å². The summed E-state index contributed by atoms with van der Waals surface area (Å²) in [4.78, 5) is 17.7. The van der Waals surface area contributed by atoms with E-state index in [1.807, 2.05) is 18.3 Å². The number of aromatic nitrogens is 1. The normalized spacial score (nSPS) is 18.1. The Morgan fingerprint density at radius 3 is 2.80 bits per heavy atom. The van der Waals surface area contributed by atoms with Crippen LogP contribution in [0.25, 0.3) is 0 Å². The lowest BCUT2D eigenvalue weighted by molar-refractivity contribution is 0.0806. The number of pyridine rings is 1. The van der Waals surface area contributed by atoms with Crippen molar-refractivity contribution in [2.45, 2.75) is 13.8 Å². The molecule has 0 atom stereocenters. The molecule has 78 valence electrons. The number of hydrogen-bond acceptors (Lipinski definition) is 2. The summed E-state index contributed by atoms with van der Waals surface area (Å²) in [5, 5.41) is 0. The first kappa shape index (κ1) is 9.90. The predicted octanol–water partition coefficient (Wildman–Crippen LogP) is 2.08. The molecule has 0 aliphatic carbocycles. The number of hydrogen-bond donors (Lipinski definition) is 0. The zero-order valence-corrected chi connectivity index (χ0v) is 8.97. The summed E-state index contributed by atoms with van der Waals surface area (Å²) in [5.41, 5.74) is 0.574. The van der Waals surface area contributed by atoms with Crippen LogP contribution in [0.15, 0.2) is 36.7 Å². The summed E-state index contributed by atoms with van der Waals surface area (Å²) in [6.45, 7) is 4.94. The Morgan fingerprint density at radius 1 is 1.47 bits per heavy atom. The molecule has 0 saturated heterocycles. The van der Waals surface area contributed by atoms with Crippen LogP contribution >= 0.6 is 0 Å². The molecule has 2 heterocycles. The quantitative estimate of drug-likeness (QED) is 0.698. The van der Waals surface area contributed by atoms with Gasteiger partial charge in [-0.3, -0.25) is 9.78 Å². The van der Waals surface area contributed by atoms with Crippen LogP contribution in [0.4, 0.5) is 0 Å². The van der Waals surface area contributed by atoms with Crippen LogP contribution < -0.4 is 0 Å². The molecule has 0 fully saturated rings. The molecule has 0 bridgehead atoms. The molecule has 2 rings (SSSR count). The number of rotatable bonds is 1. The summed E-state index contributed by atoms with van der Waals surface area (Å²) in [5.74, 6) is -0.0302. The minimum Gasteiger partial charge on any atom is -0.313 e. The lowest BCUT2D eigenvalue weighted by Crippen LogP contribution is -2.29. The third-order valence-corrected chi connectivity index (χ3v) is 2.43. The first-order chi connectivity index (χ1) is 7.08. The molecule has 15 heavy (non-hydrogen) atoms. The highest BCUT2D eigenvalue weighted by Gasteiger charge is 2.27. The summed E-state index contributed by atoms with van der Waals surface area (Å²) in [7, 11) is 0. The molecule has 0 saturated carbocycles. The van der Waals surface area contributed by atoms with E-state index < -0.39 is 0 Å². The Balaban J connectivity index is 2.15. The molecule has 0 aromatic carbocycles. The van der Waals surface area contributed by atoms with Crippen molar-refractivity contribution in [1.82, 2.24) is 9.88 Å². The van der Waals surface area contributed by atoms with Crippen molar-refractivity contribution in [1.29, 1.82) is 0 Å². The van der Waals surface area contributed by atoms with Crippen LogP contribution in [0, 0.1) is 5.41 Å². The Bertz CT molecular complexity index is 395. The summed E-state index contributed by atoms with van der Waals surface area (Å²) in [6.07, 6.45) is 5.53. The maximum absolute atomic E-state index is 11.9. The van der Waals surface area contributed by atoms with Gasteiger partial charge < -0.3 is 4.90 Å². The maximum Gasteiger partial charge on any atom is 0.276 e. The van der Waals surface area contributed by atoms with Crippen LogP contribution in [-0.2, 0) is 0 Å². The fourth-order valence-electron chi connectivity index (χ4n) is 1.61. The van der Waals surface area contributed by atoms with E-state index in [2.05, 4.69) is 18.8 Å². The number of amides is 1. The van der Waals surface area contributed by atoms with E-state index in [1.165, 1.54) is 0 Å². The highest BCUT2D eigenvalue weighted by molar-refractivity contribution is 5.93. The van der Waals surface area contributed by atoms with Crippen molar-refractivity contribution >= 4 is 5.91 Å². The topological polar surface area (TPSA) is 33.2 Å². The third kappa shape index (κ3) is 2.06. The van der Waals surface area contributed by atoms with Gasteiger partial charge in [-0.25, -0.2) is 0 Å². The highest BCUT2D eigenvalue weighted by Crippen LogP contribution is 2.26. The summed E-state index contributed by atoms with van der Waals surface area (Å²) < 4.78 is 0. The first-order valence-corrected chi connectivity index (χ1v) is 5.00. The lowest BCUT2D eigenvalue weighted by atomic mass is 9.96. The van der Waals surface area contributed by atoms with Gasteiger partial charge in [-0.15, -0.1) is 0 Å². The Kier molecular flexibility index (Phi) is 2.31. The summed E-state index contributed by atoms with van der Waals surface area (Å²) >= 11 is 0. The second-order valence-corrected chi connectivity index (χ2v) is 4.45. The van der Waals surface area contributed by atoms with Gasteiger partial charge in [-0.05, 0) is 12.1 Å². The van der Waals surface area contributed by atoms with Gasteiger partial charge in [0.15, 0.2) is 0 Å². The van der Waals surface area contributed by atoms with Gasteiger partial charge in [0.1, 0.15) is 5.69 Å². The average molecular weight is 202 g/mol. The van der Waals surface area contributed by atoms with E-state index in [4.69, 9.17) is 0 Å². The Hall–Kier alpha value is -1.64. The zero-order chi connectivity index (χ0) is 10.9. The molecule has 1 aliphatic heterocycles. The van der Waals surface area contributed by atoms with Crippen molar-refractivity contribution in [2.24, 2.45) is 5.41 Å². The predicted molar refractivity (Wildman–Crippen MR) is 58.2 cm³/mol. The van der Waals surface area contributed by atoms with E-state index in [-0.39, 0.29) is 11.3 Å². The van der Waals surface area contributed by atoms with Crippen LogP contribution in [0.1, 0.15) is 24.3 Å². The fraction of sp³-hybridized carbons (Fsp3) is 0.333. The van der Waals surface area contributed by atoms with E-state index in [0.717, 1.165) is 6.54 Å². The third-order valence-electron chi connectivity index (χ3n) is 2.43. The maximum atomic E-state index is 11.9. The molecular weight excluding hydrogens is 188 g/mol. The van der Waals surface area contributed by atoms with Gasteiger partial charge in [0.05, 0.1) is 0 Å². The van der Waals surface area contributed by atoms with Crippen LogP contribution in [0.2, 0.25) is 0 Å². The van der Waals surface area contributed by atoms with E-state index in [0.29, 0.717) is 5.69 Å². The minimum atomic E-state index is -0.0302. The monoisotopic (exact) mass is 202 g/mol. The molecule has 3 nitrogen and oxygen atoms in total. The van der Waals surface area contributed by atoms with Crippen molar-refractivity contribution in [2.75, 3.05) is 6.54 Å². The van der Waals surface area contributed by atoms with Crippen LogP contribution in [0.3, 0.4) is 0 Å². The Morgan fingerprint density at radius 2 is 2.27 bits per heavy atom. The van der Waals surface area contributed by atoms with Crippen molar-refractivity contribution in [3.05, 3.63) is 42.4 Å². The van der Waals surface area contributed by atoms with Gasteiger partial charge in [0.25, 0.3) is 5.91 Å². The van der Waals surface area contributed by atoms with E-state index in [1.54, 1.807) is 23.2 Å². The molecule has 0 unspecified atom stereocenters.